The summed E-state index contributed by atoms with van der Waals surface area (Å²) in [6.45, 7) is 8.47. The second-order valence-corrected chi connectivity index (χ2v) is 2.52. The molecule has 96 valence electrons. The minimum atomic E-state index is -0.245. The van der Waals surface area contributed by atoms with Crippen LogP contribution in [-0.2, 0) is 14.3 Å². The Kier molecular flexibility index (Phi) is 30.4. The predicted molar refractivity (Wildman–Crippen MR) is 67.1 cm³/mol. The lowest BCUT2D eigenvalue weighted by molar-refractivity contribution is -0.137. The summed E-state index contributed by atoms with van der Waals surface area (Å²) in [7, 11) is 1.35. The third-order valence-corrected chi connectivity index (χ3v) is 1.44. The highest BCUT2D eigenvalue weighted by atomic mass is 16.5. The number of rotatable bonds is 0. The maximum absolute atomic E-state index is 9.59. The van der Waals surface area contributed by atoms with Crippen molar-refractivity contribution in [3.05, 3.63) is 0 Å². The van der Waals surface area contributed by atoms with Gasteiger partial charge in [-0.05, 0) is 19.8 Å². The topological polar surface area (TPSA) is 35.5 Å². The summed E-state index contributed by atoms with van der Waals surface area (Å²) < 4.78 is 9.26. The lowest BCUT2D eigenvalue weighted by Crippen LogP contribution is -1.94. The Morgan fingerprint density at radius 3 is 1.80 bits per heavy atom. The molecule has 0 aromatic rings. The monoisotopic (exact) mass is 222 g/mol. The van der Waals surface area contributed by atoms with E-state index in [2.05, 4.69) is 11.7 Å². The quantitative estimate of drug-likeness (QED) is 0.587. The number of ether oxygens (including phenoxy) is 2. The van der Waals surface area contributed by atoms with Crippen LogP contribution in [0.2, 0.25) is 0 Å². The lowest BCUT2D eigenvalue weighted by atomic mass is 10.3. The van der Waals surface area contributed by atoms with E-state index >= 15 is 0 Å². The van der Waals surface area contributed by atoms with Crippen LogP contribution in [0.4, 0.5) is 0 Å². The highest BCUT2D eigenvalue weighted by Crippen LogP contribution is 2.09. The van der Waals surface area contributed by atoms with Crippen molar-refractivity contribution < 1.29 is 14.3 Å². The Hall–Kier alpha value is -0.570. The minimum Gasteiger partial charge on any atom is -0.469 e. The van der Waals surface area contributed by atoms with Gasteiger partial charge in [0.25, 0.3) is 0 Å². The van der Waals surface area contributed by atoms with Gasteiger partial charge in [0.15, 0.2) is 0 Å². The number of carbonyl (C=O) groups is 1. The summed E-state index contributed by atoms with van der Waals surface area (Å²) >= 11 is 0. The molecule has 0 N–H and O–H groups in total. The third kappa shape index (κ3) is 24.7. The highest BCUT2D eigenvalue weighted by Gasteiger charge is 2.07. The summed E-state index contributed by atoms with van der Waals surface area (Å²) in [5.41, 5.74) is 0. The average Bonchev–Trinajstić information content (AvgIpc) is 2.60. The largest absolute Gasteiger partial charge is 0.469 e. The molecule has 1 atom stereocenters. The van der Waals surface area contributed by atoms with Crippen LogP contribution in [0.25, 0.3) is 0 Å². The minimum absolute atomic E-state index is 0. The molecule has 15 heavy (non-hydrogen) atoms. The number of hydrogen-bond donors (Lipinski definition) is 0. The van der Waals surface area contributed by atoms with E-state index in [1.807, 2.05) is 13.8 Å². The van der Waals surface area contributed by atoms with Crippen molar-refractivity contribution in [1.29, 1.82) is 0 Å². The lowest BCUT2D eigenvalue weighted by Gasteiger charge is -1.94. The highest BCUT2D eigenvalue weighted by molar-refractivity contribution is 5.65. The SMILES string of the molecule is C.C.CC.CC1CCCO1.COC(C)=O. The molecule has 0 saturated carbocycles. The number of methoxy groups -OCH3 is 1. The smallest absolute Gasteiger partial charge is 0.302 e. The molecule has 0 amide bonds. The van der Waals surface area contributed by atoms with E-state index in [1.54, 1.807) is 0 Å². The summed E-state index contributed by atoms with van der Waals surface area (Å²) in [6, 6.07) is 0. The average molecular weight is 222 g/mol. The van der Waals surface area contributed by atoms with Gasteiger partial charge in [0.2, 0.25) is 0 Å². The van der Waals surface area contributed by atoms with Crippen molar-refractivity contribution >= 4 is 5.97 Å². The second kappa shape index (κ2) is 19.1. The van der Waals surface area contributed by atoms with Crippen LogP contribution in [0.1, 0.15) is 55.4 Å². The van der Waals surface area contributed by atoms with Crippen molar-refractivity contribution in [3.8, 4) is 0 Å². The van der Waals surface area contributed by atoms with Gasteiger partial charge in [-0.3, -0.25) is 4.79 Å². The Morgan fingerprint density at radius 2 is 1.73 bits per heavy atom. The van der Waals surface area contributed by atoms with Crippen LogP contribution < -0.4 is 0 Å². The van der Waals surface area contributed by atoms with Crippen LogP contribution >= 0.6 is 0 Å². The van der Waals surface area contributed by atoms with E-state index in [9.17, 15) is 4.79 Å². The predicted octanol–water partition coefficient (Wildman–Crippen LogP) is 3.66. The van der Waals surface area contributed by atoms with E-state index in [0.29, 0.717) is 6.10 Å². The molecular formula is C12H30O3. The summed E-state index contributed by atoms with van der Waals surface area (Å²) in [6.07, 6.45) is 3.08. The first-order valence-electron chi connectivity index (χ1n) is 4.83. The first kappa shape index (κ1) is 23.9. The molecule has 0 spiro atoms. The van der Waals surface area contributed by atoms with Crippen molar-refractivity contribution in [2.75, 3.05) is 13.7 Å². The molecular weight excluding hydrogens is 192 g/mol. The van der Waals surface area contributed by atoms with Crippen molar-refractivity contribution in [2.45, 2.75) is 61.5 Å². The van der Waals surface area contributed by atoms with Crippen LogP contribution in [0.15, 0.2) is 0 Å². The van der Waals surface area contributed by atoms with E-state index in [4.69, 9.17) is 4.74 Å². The van der Waals surface area contributed by atoms with Gasteiger partial charge in [0.05, 0.1) is 13.2 Å². The molecule has 0 radical (unpaired) electrons. The first-order valence-corrected chi connectivity index (χ1v) is 4.83. The van der Waals surface area contributed by atoms with Gasteiger partial charge < -0.3 is 9.47 Å². The Morgan fingerprint density at radius 1 is 1.33 bits per heavy atom. The zero-order valence-electron chi connectivity index (χ0n) is 9.42. The van der Waals surface area contributed by atoms with Gasteiger partial charge in [0.1, 0.15) is 0 Å². The summed E-state index contributed by atoms with van der Waals surface area (Å²) in [4.78, 5) is 9.59. The molecule has 1 saturated heterocycles. The Labute approximate surface area is 96.2 Å². The molecule has 1 aliphatic heterocycles. The van der Waals surface area contributed by atoms with Crippen LogP contribution in [-0.4, -0.2) is 25.8 Å². The Balaban J connectivity index is -0.0000000629. The molecule has 0 aromatic carbocycles. The first-order chi connectivity index (χ1) is 6.16. The van der Waals surface area contributed by atoms with Gasteiger partial charge in [-0.15, -0.1) is 0 Å². The van der Waals surface area contributed by atoms with Gasteiger partial charge in [-0.25, -0.2) is 0 Å². The molecule has 0 bridgehead atoms. The molecule has 1 aliphatic rings. The van der Waals surface area contributed by atoms with Gasteiger partial charge >= 0.3 is 5.97 Å². The van der Waals surface area contributed by atoms with E-state index in [0.717, 1.165) is 6.61 Å². The maximum Gasteiger partial charge on any atom is 0.302 e. The fourth-order valence-corrected chi connectivity index (χ4v) is 0.739. The standard InChI is InChI=1S/C5H10O.C3H6O2.C2H6.2CH4/c1-5-3-2-4-6-5;1-3(4)5-2;1-2;;/h5H,2-4H2,1H3;1-2H3;1-2H3;2*1H4. The summed E-state index contributed by atoms with van der Waals surface area (Å²) in [5, 5.41) is 0. The molecule has 0 aromatic heterocycles. The van der Waals surface area contributed by atoms with E-state index in [-0.39, 0.29) is 20.8 Å². The van der Waals surface area contributed by atoms with Gasteiger partial charge in [-0.1, -0.05) is 28.7 Å². The van der Waals surface area contributed by atoms with Crippen LogP contribution in [0, 0.1) is 0 Å². The fourth-order valence-electron chi connectivity index (χ4n) is 0.739. The Bertz CT molecular complexity index is 107. The molecule has 1 fully saturated rings. The van der Waals surface area contributed by atoms with E-state index < -0.39 is 0 Å². The number of esters is 1. The number of carbonyl (C=O) groups excluding carboxylic acids is 1. The molecule has 3 heteroatoms. The van der Waals surface area contributed by atoms with Crippen molar-refractivity contribution in [2.24, 2.45) is 0 Å². The van der Waals surface area contributed by atoms with Gasteiger partial charge in [0, 0.05) is 13.5 Å². The van der Waals surface area contributed by atoms with Crippen LogP contribution in [0.3, 0.4) is 0 Å². The van der Waals surface area contributed by atoms with Gasteiger partial charge in [-0.2, -0.15) is 0 Å². The van der Waals surface area contributed by atoms with Crippen molar-refractivity contribution in [1.82, 2.24) is 0 Å². The zero-order chi connectivity index (χ0) is 10.7. The molecule has 1 rings (SSSR count). The molecule has 1 heterocycles. The molecule has 3 nitrogen and oxygen atoms in total. The molecule has 0 aliphatic carbocycles. The maximum atomic E-state index is 9.59. The fraction of sp³-hybridized carbons (Fsp3) is 0.917. The zero-order valence-corrected chi connectivity index (χ0v) is 9.42. The third-order valence-electron chi connectivity index (χ3n) is 1.44. The second-order valence-electron chi connectivity index (χ2n) is 2.52. The summed E-state index contributed by atoms with van der Waals surface area (Å²) in [5.74, 6) is -0.245. The normalized spacial score (nSPS) is 16.5. The van der Waals surface area contributed by atoms with E-state index in [1.165, 1.54) is 26.9 Å². The van der Waals surface area contributed by atoms with Crippen molar-refractivity contribution in [3.63, 3.8) is 0 Å². The molecule has 1 unspecified atom stereocenters. The number of hydrogen-bond acceptors (Lipinski definition) is 3. The van der Waals surface area contributed by atoms with Crippen LogP contribution in [0.5, 0.6) is 0 Å².